The summed E-state index contributed by atoms with van der Waals surface area (Å²) in [7, 11) is -3.10. The van der Waals surface area contributed by atoms with Gasteiger partial charge in [0.05, 0.1) is 13.2 Å². The van der Waals surface area contributed by atoms with E-state index in [-0.39, 0.29) is 22.4 Å². The molecule has 5 nitrogen and oxygen atoms in total. The van der Waals surface area contributed by atoms with Crippen LogP contribution in [0.25, 0.3) is 0 Å². The zero-order chi connectivity index (χ0) is 26.9. The second-order valence-corrected chi connectivity index (χ2v) is 21.9. The molecule has 2 atom stereocenters. The molecule has 0 bridgehead atoms. The van der Waals surface area contributed by atoms with Gasteiger partial charge in [0.25, 0.3) is 8.32 Å². The average Bonchev–Trinajstić information content (AvgIpc) is 2.68. The van der Waals surface area contributed by atoms with E-state index < -0.39 is 28.7 Å². The summed E-state index contributed by atoms with van der Waals surface area (Å²) >= 11 is 0. The van der Waals surface area contributed by atoms with Crippen molar-refractivity contribution in [2.45, 2.75) is 104 Å². The van der Waals surface area contributed by atoms with Gasteiger partial charge in [-0.3, -0.25) is 0 Å². The number of ether oxygens (including phenoxy) is 1. The van der Waals surface area contributed by atoms with E-state index in [1.165, 1.54) is 7.11 Å². The van der Waals surface area contributed by atoms with Crippen LogP contribution in [-0.2, 0) is 11.2 Å². The minimum atomic E-state index is -2.29. The van der Waals surface area contributed by atoms with Crippen molar-refractivity contribution >= 4 is 22.6 Å². The molecule has 0 aromatic heterocycles. The van der Waals surface area contributed by atoms with Crippen LogP contribution < -0.4 is 8.85 Å². The number of benzene rings is 1. The molecule has 0 unspecified atom stereocenters. The predicted octanol–water partition coefficient (Wildman–Crippen LogP) is 7.28. The van der Waals surface area contributed by atoms with Crippen LogP contribution in [-0.4, -0.2) is 40.9 Å². The number of aliphatic hydroxyl groups is 1. The molecule has 0 aliphatic rings. The fourth-order valence-corrected chi connectivity index (χ4v) is 5.04. The fraction of sp³-hybridized carbons (Fsp3) is 0.667. The second-order valence-electron chi connectivity index (χ2n) is 12.4. The number of hydrogen-bond acceptors (Lipinski definition) is 5. The highest BCUT2D eigenvalue weighted by Crippen LogP contribution is 2.44. The topological polar surface area (TPSA) is 65.0 Å². The van der Waals surface area contributed by atoms with Crippen LogP contribution in [0.2, 0.25) is 36.3 Å². The van der Waals surface area contributed by atoms with Crippen LogP contribution >= 0.6 is 0 Å². The highest BCUT2D eigenvalue weighted by Gasteiger charge is 2.42. The molecule has 0 amide bonds. The summed E-state index contributed by atoms with van der Waals surface area (Å²) < 4.78 is 18.6. The Morgan fingerprint density at radius 3 is 1.85 bits per heavy atom. The summed E-state index contributed by atoms with van der Waals surface area (Å²) in [5, 5.41) is 10.8. The highest BCUT2D eigenvalue weighted by molar-refractivity contribution is 6.75. The summed E-state index contributed by atoms with van der Waals surface area (Å²) in [4.78, 5) is 13.1. The number of esters is 1. The Kier molecular flexibility index (Phi) is 9.48. The summed E-state index contributed by atoms with van der Waals surface area (Å²) in [5.74, 6) is 0.580. The lowest BCUT2D eigenvalue weighted by molar-refractivity contribution is 0.0595. The first-order valence-electron chi connectivity index (χ1n) is 12.1. The number of aliphatic hydroxyl groups excluding tert-OH is 1. The molecule has 7 heteroatoms. The number of methoxy groups -OCH3 is 1. The van der Waals surface area contributed by atoms with Gasteiger partial charge in [-0.1, -0.05) is 54.5 Å². The molecule has 0 saturated heterocycles. The van der Waals surface area contributed by atoms with Gasteiger partial charge in [-0.05, 0) is 60.2 Å². The van der Waals surface area contributed by atoms with Crippen LogP contribution in [0.5, 0.6) is 11.5 Å². The standard InChI is InChI=1S/C27H48O5Si2/c1-15-18(2)21(28)16-20-19(3)22(31-33(11,12)26(4,5)6)17-23(24(20)25(29)30-10)32-34(13,14)27(7,8)9/h15,17-18,21,28H,1,16H2,2-14H3/t18-,21-/m1/s1. The van der Waals surface area contributed by atoms with Gasteiger partial charge in [0.15, 0.2) is 0 Å². The lowest BCUT2D eigenvalue weighted by atomic mass is 9.91. The van der Waals surface area contributed by atoms with Crippen LogP contribution in [0, 0.1) is 12.8 Å². The molecule has 0 radical (unpaired) electrons. The van der Waals surface area contributed by atoms with Crippen LogP contribution in [0.15, 0.2) is 18.7 Å². The van der Waals surface area contributed by atoms with E-state index in [4.69, 9.17) is 13.6 Å². The summed E-state index contributed by atoms with van der Waals surface area (Å²) in [6, 6.07) is 1.87. The van der Waals surface area contributed by atoms with Crippen molar-refractivity contribution in [2.75, 3.05) is 7.11 Å². The van der Waals surface area contributed by atoms with Gasteiger partial charge in [0, 0.05) is 12.5 Å². The van der Waals surface area contributed by atoms with Gasteiger partial charge < -0.3 is 18.7 Å². The van der Waals surface area contributed by atoms with Gasteiger partial charge in [0.2, 0.25) is 8.32 Å². The Bertz CT molecular complexity index is 892. The van der Waals surface area contributed by atoms with E-state index in [2.05, 4.69) is 74.3 Å². The van der Waals surface area contributed by atoms with Crippen molar-refractivity contribution < 1.29 is 23.5 Å². The molecule has 1 aromatic rings. The number of carbonyl (C=O) groups excluding carboxylic acids is 1. The molecule has 0 aliphatic heterocycles. The maximum Gasteiger partial charge on any atom is 0.341 e. The quantitative estimate of drug-likeness (QED) is 0.216. The number of carbonyl (C=O) groups is 1. The molecule has 0 spiro atoms. The Balaban J connectivity index is 3.92. The zero-order valence-electron chi connectivity index (χ0n) is 23.8. The normalized spacial score (nSPS) is 14.9. The second kappa shape index (κ2) is 10.6. The highest BCUT2D eigenvalue weighted by atomic mass is 28.4. The SMILES string of the molecule is C=C[C@@H](C)[C@H](O)Cc1c(C)c(O[Si](C)(C)C(C)(C)C)cc(O[Si](C)(C)C(C)(C)C)c1C(=O)OC. The van der Waals surface area contributed by atoms with E-state index in [9.17, 15) is 9.90 Å². The van der Waals surface area contributed by atoms with Crippen molar-refractivity contribution in [3.63, 3.8) is 0 Å². The Labute approximate surface area is 210 Å². The van der Waals surface area contributed by atoms with Crippen LogP contribution in [0.4, 0.5) is 0 Å². The minimum Gasteiger partial charge on any atom is -0.543 e. The molecule has 194 valence electrons. The summed E-state index contributed by atoms with van der Waals surface area (Å²) in [6.45, 7) is 29.4. The molecule has 0 fully saturated rings. The predicted molar refractivity (Wildman–Crippen MR) is 147 cm³/mol. The van der Waals surface area contributed by atoms with E-state index in [0.29, 0.717) is 22.6 Å². The Morgan fingerprint density at radius 1 is 1.03 bits per heavy atom. The summed E-state index contributed by atoms with van der Waals surface area (Å²) in [6.07, 6.45) is 1.29. The van der Waals surface area contributed by atoms with Crippen LogP contribution in [0.3, 0.4) is 0 Å². The molecular weight excluding hydrogens is 460 g/mol. The first-order chi connectivity index (χ1) is 15.2. The molecule has 0 saturated carbocycles. The Morgan fingerprint density at radius 2 is 1.47 bits per heavy atom. The molecule has 34 heavy (non-hydrogen) atoms. The molecule has 1 rings (SSSR count). The minimum absolute atomic E-state index is 0.00204. The van der Waals surface area contributed by atoms with Gasteiger partial charge >= 0.3 is 5.97 Å². The van der Waals surface area contributed by atoms with Gasteiger partial charge in [-0.25, -0.2) is 4.79 Å². The average molecular weight is 509 g/mol. The van der Waals surface area contributed by atoms with Crippen molar-refractivity contribution in [1.29, 1.82) is 0 Å². The lowest BCUT2D eigenvalue weighted by Crippen LogP contribution is -2.45. The Hall–Kier alpha value is -1.58. The van der Waals surface area contributed by atoms with Crippen molar-refractivity contribution in [2.24, 2.45) is 5.92 Å². The van der Waals surface area contributed by atoms with Crippen molar-refractivity contribution in [3.05, 3.63) is 35.4 Å². The van der Waals surface area contributed by atoms with Crippen molar-refractivity contribution in [3.8, 4) is 11.5 Å². The maximum atomic E-state index is 13.1. The number of hydrogen-bond donors (Lipinski definition) is 1. The third kappa shape index (κ3) is 6.76. The largest absolute Gasteiger partial charge is 0.543 e. The molecule has 0 aliphatic carbocycles. The van der Waals surface area contributed by atoms with E-state index >= 15 is 0 Å². The van der Waals surface area contributed by atoms with E-state index in [1.807, 2.05) is 19.9 Å². The first-order valence-corrected chi connectivity index (χ1v) is 17.9. The lowest BCUT2D eigenvalue weighted by Gasteiger charge is -2.39. The molecular formula is C27H48O5Si2. The maximum absolute atomic E-state index is 13.1. The third-order valence-corrected chi connectivity index (χ3v) is 16.4. The first kappa shape index (κ1) is 30.5. The van der Waals surface area contributed by atoms with Crippen LogP contribution in [0.1, 0.15) is 70.0 Å². The molecule has 1 N–H and O–H groups in total. The van der Waals surface area contributed by atoms with Crippen molar-refractivity contribution in [1.82, 2.24) is 0 Å². The molecule has 1 aromatic carbocycles. The van der Waals surface area contributed by atoms with E-state index in [0.717, 1.165) is 5.56 Å². The summed E-state index contributed by atoms with van der Waals surface area (Å²) in [5.41, 5.74) is 1.92. The van der Waals surface area contributed by atoms with Gasteiger partial charge in [0.1, 0.15) is 17.1 Å². The smallest absolute Gasteiger partial charge is 0.341 e. The third-order valence-electron chi connectivity index (χ3n) is 7.76. The molecule has 0 heterocycles. The zero-order valence-corrected chi connectivity index (χ0v) is 25.8. The van der Waals surface area contributed by atoms with Gasteiger partial charge in [-0.2, -0.15) is 0 Å². The monoisotopic (exact) mass is 508 g/mol. The van der Waals surface area contributed by atoms with E-state index in [1.54, 1.807) is 6.08 Å². The number of rotatable bonds is 9. The fourth-order valence-electron chi connectivity index (χ4n) is 2.96. The van der Waals surface area contributed by atoms with Gasteiger partial charge in [-0.15, -0.1) is 6.58 Å².